The van der Waals surface area contributed by atoms with Crippen LogP contribution in [-0.2, 0) is 0 Å². The Bertz CT molecular complexity index is 286. The van der Waals surface area contributed by atoms with Gasteiger partial charge in [-0.25, -0.2) is 4.98 Å². The Morgan fingerprint density at radius 3 is 3.23 bits per heavy atom. The first kappa shape index (κ1) is 8.91. The summed E-state index contributed by atoms with van der Waals surface area (Å²) >= 11 is 1.69. The second kappa shape index (κ2) is 4.03. The van der Waals surface area contributed by atoms with E-state index in [4.69, 9.17) is 0 Å². The molecule has 0 bridgehead atoms. The van der Waals surface area contributed by atoms with Gasteiger partial charge in [0, 0.05) is 24.2 Å². The molecule has 0 unspecified atom stereocenters. The molecule has 1 N–H and O–H groups in total. The van der Waals surface area contributed by atoms with E-state index in [1.165, 1.54) is 18.4 Å². The van der Waals surface area contributed by atoms with E-state index in [1.807, 2.05) is 11.6 Å². The van der Waals surface area contributed by atoms with E-state index in [1.54, 1.807) is 11.3 Å². The smallest absolute Gasteiger partial charge is 0.115 e. The molecule has 0 atom stereocenters. The van der Waals surface area contributed by atoms with Gasteiger partial charge in [0.05, 0.1) is 0 Å². The highest BCUT2D eigenvalue weighted by atomic mass is 32.1. The van der Waals surface area contributed by atoms with Gasteiger partial charge in [-0.05, 0) is 25.8 Å². The third-order valence-corrected chi connectivity index (χ3v) is 2.79. The van der Waals surface area contributed by atoms with Crippen LogP contribution in [0.2, 0.25) is 0 Å². The van der Waals surface area contributed by atoms with Crippen molar-refractivity contribution in [1.82, 2.24) is 10.3 Å². The fourth-order valence-corrected chi connectivity index (χ4v) is 1.81. The fraction of sp³-hybridized carbons (Fsp3) is 0.500. The van der Waals surface area contributed by atoms with Crippen LogP contribution in [0.3, 0.4) is 0 Å². The number of rotatable bonds is 4. The first-order valence-electron chi connectivity index (χ1n) is 4.64. The van der Waals surface area contributed by atoms with Gasteiger partial charge in [0.2, 0.25) is 0 Å². The Kier molecular flexibility index (Phi) is 2.76. The Morgan fingerprint density at radius 1 is 1.77 bits per heavy atom. The van der Waals surface area contributed by atoms with E-state index < -0.39 is 0 Å². The highest BCUT2D eigenvalue weighted by Crippen LogP contribution is 2.19. The monoisotopic (exact) mass is 194 g/mol. The van der Waals surface area contributed by atoms with Crippen LogP contribution in [0, 0.1) is 0 Å². The van der Waals surface area contributed by atoms with Crippen LogP contribution in [0.1, 0.15) is 24.8 Å². The molecule has 0 saturated heterocycles. The van der Waals surface area contributed by atoms with E-state index in [2.05, 4.69) is 23.3 Å². The zero-order chi connectivity index (χ0) is 9.10. The third kappa shape index (κ3) is 2.94. The number of hydrogen-bond acceptors (Lipinski definition) is 3. The number of thiazole rings is 1. The summed E-state index contributed by atoms with van der Waals surface area (Å²) in [4.78, 5) is 4.21. The lowest BCUT2D eigenvalue weighted by atomic mass is 10.3. The maximum absolute atomic E-state index is 4.21. The van der Waals surface area contributed by atoms with E-state index in [0.717, 1.165) is 17.6 Å². The van der Waals surface area contributed by atoms with Crippen molar-refractivity contribution in [2.75, 3.05) is 6.54 Å². The Balaban J connectivity index is 1.84. The summed E-state index contributed by atoms with van der Waals surface area (Å²) in [5.41, 5.74) is 1.36. The molecule has 0 aliphatic heterocycles. The second-order valence-electron chi connectivity index (χ2n) is 3.52. The Labute approximate surface area is 82.7 Å². The summed E-state index contributed by atoms with van der Waals surface area (Å²) < 4.78 is 0. The highest BCUT2D eigenvalue weighted by molar-refractivity contribution is 7.10. The van der Waals surface area contributed by atoms with Gasteiger partial charge in [0.15, 0.2) is 0 Å². The Hall–Kier alpha value is -0.670. The average molecular weight is 194 g/mol. The maximum Gasteiger partial charge on any atom is 0.115 e. The molecule has 1 saturated carbocycles. The molecule has 13 heavy (non-hydrogen) atoms. The summed E-state index contributed by atoms with van der Waals surface area (Å²) in [5.74, 6) is 0. The first-order chi connectivity index (χ1) is 6.34. The molecule has 0 amide bonds. The van der Waals surface area contributed by atoms with Crippen LogP contribution in [-0.4, -0.2) is 17.6 Å². The van der Waals surface area contributed by atoms with Crippen molar-refractivity contribution in [3.05, 3.63) is 22.2 Å². The fourth-order valence-electron chi connectivity index (χ4n) is 1.16. The van der Waals surface area contributed by atoms with Crippen molar-refractivity contribution in [2.24, 2.45) is 0 Å². The standard InChI is InChI=1S/C10H14N2S/c1-8(7-12-9-2-3-9)6-10-11-4-5-13-10/h4-6,9,12H,2-3,7H2,1H3/b8-6-. The van der Waals surface area contributed by atoms with Crippen molar-refractivity contribution >= 4 is 17.4 Å². The summed E-state index contributed by atoms with van der Waals surface area (Å²) in [6.45, 7) is 3.15. The predicted molar refractivity (Wildman–Crippen MR) is 56.8 cm³/mol. The molecular formula is C10H14N2S. The minimum absolute atomic E-state index is 0.791. The summed E-state index contributed by atoms with van der Waals surface area (Å²) in [6, 6.07) is 0.791. The van der Waals surface area contributed by atoms with Crippen LogP contribution < -0.4 is 5.32 Å². The SMILES string of the molecule is C/C(=C/c1nccs1)CNC1CC1. The van der Waals surface area contributed by atoms with E-state index in [0.29, 0.717) is 0 Å². The number of aromatic nitrogens is 1. The lowest BCUT2D eigenvalue weighted by Gasteiger charge is -2.01. The maximum atomic E-state index is 4.21. The zero-order valence-corrected chi connectivity index (χ0v) is 8.60. The molecule has 0 radical (unpaired) electrons. The molecule has 1 aliphatic rings. The van der Waals surface area contributed by atoms with Gasteiger partial charge in [-0.2, -0.15) is 0 Å². The molecule has 0 spiro atoms. The first-order valence-corrected chi connectivity index (χ1v) is 5.52. The minimum Gasteiger partial charge on any atom is -0.310 e. The molecule has 1 aromatic rings. The quantitative estimate of drug-likeness (QED) is 0.795. The van der Waals surface area contributed by atoms with Gasteiger partial charge in [-0.1, -0.05) is 5.57 Å². The summed E-state index contributed by atoms with van der Waals surface area (Å²) in [7, 11) is 0. The topological polar surface area (TPSA) is 24.9 Å². The third-order valence-electron chi connectivity index (χ3n) is 2.07. The molecule has 0 aromatic carbocycles. The van der Waals surface area contributed by atoms with Gasteiger partial charge >= 0.3 is 0 Å². The molecular weight excluding hydrogens is 180 g/mol. The molecule has 3 heteroatoms. The van der Waals surface area contributed by atoms with Crippen molar-refractivity contribution in [3.8, 4) is 0 Å². The molecule has 1 heterocycles. The minimum atomic E-state index is 0.791. The van der Waals surface area contributed by atoms with Crippen molar-refractivity contribution < 1.29 is 0 Å². The predicted octanol–water partition coefficient (Wildman–Crippen LogP) is 2.30. The average Bonchev–Trinajstić information content (AvgIpc) is 2.82. The summed E-state index contributed by atoms with van der Waals surface area (Å²) in [5, 5.41) is 6.59. The lowest BCUT2D eigenvalue weighted by molar-refractivity contribution is 0.736. The van der Waals surface area contributed by atoms with Gasteiger partial charge < -0.3 is 5.32 Å². The van der Waals surface area contributed by atoms with Crippen LogP contribution in [0.4, 0.5) is 0 Å². The molecule has 2 rings (SSSR count). The zero-order valence-electron chi connectivity index (χ0n) is 7.79. The van der Waals surface area contributed by atoms with Crippen LogP contribution in [0.25, 0.3) is 6.08 Å². The van der Waals surface area contributed by atoms with E-state index in [9.17, 15) is 0 Å². The van der Waals surface area contributed by atoms with Gasteiger partial charge in [0.1, 0.15) is 5.01 Å². The van der Waals surface area contributed by atoms with Crippen LogP contribution in [0.5, 0.6) is 0 Å². The molecule has 1 aromatic heterocycles. The molecule has 1 aliphatic carbocycles. The summed E-state index contributed by atoms with van der Waals surface area (Å²) in [6.07, 6.45) is 6.70. The van der Waals surface area contributed by atoms with Crippen LogP contribution in [0.15, 0.2) is 17.2 Å². The molecule has 70 valence electrons. The second-order valence-corrected chi connectivity index (χ2v) is 4.44. The van der Waals surface area contributed by atoms with Crippen LogP contribution >= 0.6 is 11.3 Å². The lowest BCUT2D eigenvalue weighted by Crippen LogP contribution is -2.18. The molecule has 2 nitrogen and oxygen atoms in total. The van der Waals surface area contributed by atoms with E-state index in [-0.39, 0.29) is 0 Å². The largest absolute Gasteiger partial charge is 0.310 e. The normalized spacial score (nSPS) is 17.8. The van der Waals surface area contributed by atoms with Gasteiger partial charge in [-0.15, -0.1) is 11.3 Å². The Morgan fingerprint density at radius 2 is 2.62 bits per heavy atom. The van der Waals surface area contributed by atoms with Crippen molar-refractivity contribution in [3.63, 3.8) is 0 Å². The van der Waals surface area contributed by atoms with Crippen molar-refractivity contribution in [1.29, 1.82) is 0 Å². The van der Waals surface area contributed by atoms with E-state index >= 15 is 0 Å². The van der Waals surface area contributed by atoms with Gasteiger partial charge in [-0.3, -0.25) is 0 Å². The number of hydrogen-bond donors (Lipinski definition) is 1. The number of nitrogens with one attached hydrogen (secondary N) is 1. The molecule has 1 fully saturated rings. The number of nitrogens with zero attached hydrogens (tertiary/aromatic N) is 1. The van der Waals surface area contributed by atoms with Gasteiger partial charge in [0.25, 0.3) is 0 Å². The van der Waals surface area contributed by atoms with Crippen molar-refractivity contribution in [2.45, 2.75) is 25.8 Å². The highest BCUT2D eigenvalue weighted by Gasteiger charge is 2.19.